The molecule has 2 aromatic carbocycles. The van der Waals surface area contributed by atoms with E-state index in [2.05, 4.69) is 5.32 Å². The number of thioether (sulfide) groups is 1. The zero-order chi connectivity index (χ0) is 22.1. The van der Waals surface area contributed by atoms with Crippen molar-refractivity contribution in [2.45, 2.75) is 19.3 Å². The first kappa shape index (κ1) is 23.5. The molecular formula is C21H27FN4O3S. The average Bonchev–Trinajstić information content (AvgIpc) is 2.69. The van der Waals surface area contributed by atoms with Gasteiger partial charge in [0.15, 0.2) is 5.17 Å². The predicted octanol–water partition coefficient (Wildman–Crippen LogP) is 3.81. The molecule has 0 aliphatic heterocycles. The number of carbonyl (C=O) groups excluding carboxylic acids is 1. The summed E-state index contributed by atoms with van der Waals surface area (Å²) in [4.78, 5) is 12.6. The first-order valence-corrected chi connectivity index (χ1v) is 10.4. The number of nitrogens with two attached hydrogens (primary N) is 2. The molecule has 0 radical (unpaired) electrons. The van der Waals surface area contributed by atoms with Gasteiger partial charge in [-0.05, 0) is 48.2 Å². The lowest BCUT2D eigenvalue weighted by molar-refractivity contribution is 0.102. The molecule has 0 spiro atoms. The largest absolute Gasteiger partial charge is 0.491 e. The Kier molecular flexibility index (Phi) is 8.94. The van der Waals surface area contributed by atoms with Crippen LogP contribution in [0.1, 0.15) is 35.2 Å². The highest BCUT2D eigenvalue weighted by Crippen LogP contribution is 2.27. The number of amidine groups is 1. The van der Waals surface area contributed by atoms with Gasteiger partial charge in [-0.2, -0.15) is 0 Å². The van der Waals surface area contributed by atoms with E-state index in [1.165, 1.54) is 23.9 Å². The second-order valence-corrected chi connectivity index (χ2v) is 7.82. The number of amides is 1. The molecule has 0 aromatic heterocycles. The van der Waals surface area contributed by atoms with Gasteiger partial charge in [0.25, 0.3) is 5.91 Å². The summed E-state index contributed by atoms with van der Waals surface area (Å²) >= 11 is 1.22. The van der Waals surface area contributed by atoms with Crippen molar-refractivity contribution in [2.75, 3.05) is 37.1 Å². The first-order chi connectivity index (χ1) is 14.3. The summed E-state index contributed by atoms with van der Waals surface area (Å²) in [7, 11) is 1.58. The molecule has 9 heteroatoms. The molecule has 1 atom stereocenters. The molecule has 30 heavy (non-hydrogen) atoms. The van der Waals surface area contributed by atoms with Gasteiger partial charge >= 0.3 is 0 Å². The number of nitrogens with one attached hydrogen (secondary N) is 2. The molecule has 162 valence electrons. The van der Waals surface area contributed by atoms with Gasteiger partial charge in [-0.25, -0.2) is 4.39 Å². The van der Waals surface area contributed by atoms with Crippen LogP contribution in [0.25, 0.3) is 0 Å². The van der Waals surface area contributed by atoms with Crippen molar-refractivity contribution in [2.24, 2.45) is 5.73 Å². The van der Waals surface area contributed by atoms with Crippen molar-refractivity contribution in [3.63, 3.8) is 0 Å². The number of hydrogen-bond donors (Lipinski definition) is 4. The lowest BCUT2D eigenvalue weighted by Gasteiger charge is -2.15. The van der Waals surface area contributed by atoms with Crippen LogP contribution in [-0.4, -0.2) is 37.2 Å². The van der Waals surface area contributed by atoms with Crippen LogP contribution in [0.5, 0.6) is 5.75 Å². The van der Waals surface area contributed by atoms with Crippen LogP contribution in [0.3, 0.4) is 0 Å². The monoisotopic (exact) mass is 434 g/mol. The number of halogens is 1. The second-order valence-electron chi connectivity index (χ2n) is 6.68. The van der Waals surface area contributed by atoms with Gasteiger partial charge in [0.05, 0.1) is 12.2 Å². The Bertz CT molecular complexity index is 895. The second kappa shape index (κ2) is 11.4. The summed E-state index contributed by atoms with van der Waals surface area (Å²) in [6.45, 7) is 2.72. The van der Waals surface area contributed by atoms with Crippen LogP contribution in [-0.2, 0) is 4.74 Å². The van der Waals surface area contributed by atoms with Gasteiger partial charge < -0.3 is 26.3 Å². The Morgan fingerprint density at radius 2 is 2.03 bits per heavy atom. The van der Waals surface area contributed by atoms with E-state index in [9.17, 15) is 9.18 Å². The Hall–Kier alpha value is -2.78. The Morgan fingerprint density at radius 3 is 2.70 bits per heavy atom. The van der Waals surface area contributed by atoms with E-state index >= 15 is 0 Å². The molecule has 0 saturated heterocycles. The standard InChI is InChI=1S/C21H27FN4O3S/c1-13(7-10-30-21(24)25)17-11-14(3-6-18(17)22)26-20(27)16-5-4-15(12-19(16)23)29-9-8-28-2/h3-6,11-13H,7-10,23H2,1-2H3,(H3,24,25)(H,26,27)/t13-/m1/s1. The fourth-order valence-electron chi connectivity index (χ4n) is 2.78. The van der Waals surface area contributed by atoms with Crippen LogP contribution >= 0.6 is 11.8 Å². The molecule has 0 bridgehead atoms. The molecule has 0 heterocycles. The fourth-order valence-corrected chi connectivity index (χ4v) is 3.47. The highest BCUT2D eigenvalue weighted by Gasteiger charge is 2.15. The lowest BCUT2D eigenvalue weighted by atomic mass is 9.97. The van der Waals surface area contributed by atoms with Crippen molar-refractivity contribution in [3.05, 3.63) is 53.3 Å². The third kappa shape index (κ3) is 6.93. The van der Waals surface area contributed by atoms with Gasteiger partial charge in [-0.3, -0.25) is 10.2 Å². The van der Waals surface area contributed by atoms with Gasteiger partial charge in [-0.1, -0.05) is 18.7 Å². The first-order valence-electron chi connectivity index (χ1n) is 9.40. The van der Waals surface area contributed by atoms with Crippen LogP contribution in [0.4, 0.5) is 15.8 Å². The summed E-state index contributed by atoms with van der Waals surface area (Å²) in [5, 5.41) is 10.0. The third-order valence-electron chi connectivity index (χ3n) is 4.42. The number of methoxy groups -OCH3 is 1. The van der Waals surface area contributed by atoms with Gasteiger partial charge in [-0.15, -0.1) is 0 Å². The number of rotatable bonds is 10. The SMILES string of the molecule is COCCOc1ccc(C(=O)Nc2ccc(F)c([C@H](C)CCSC(=N)N)c2)c(N)c1. The van der Waals surface area contributed by atoms with Crippen molar-refractivity contribution in [1.82, 2.24) is 0 Å². The Labute approximate surface area is 179 Å². The normalized spacial score (nSPS) is 11.7. The van der Waals surface area contributed by atoms with Gasteiger partial charge in [0.1, 0.15) is 18.2 Å². The molecule has 1 amide bonds. The molecule has 6 N–H and O–H groups in total. The number of ether oxygens (including phenoxy) is 2. The van der Waals surface area contributed by atoms with Crippen LogP contribution < -0.4 is 21.5 Å². The minimum atomic E-state index is -0.395. The summed E-state index contributed by atoms with van der Waals surface area (Å²) in [5.41, 5.74) is 12.9. The van der Waals surface area contributed by atoms with E-state index in [-0.39, 0.29) is 22.6 Å². The zero-order valence-corrected chi connectivity index (χ0v) is 17.9. The van der Waals surface area contributed by atoms with Crippen molar-refractivity contribution < 1.29 is 18.7 Å². The summed E-state index contributed by atoms with van der Waals surface area (Å²) in [6.07, 6.45) is 0.649. The molecule has 7 nitrogen and oxygen atoms in total. The zero-order valence-electron chi connectivity index (χ0n) is 17.0. The summed E-state index contributed by atoms with van der Waals surface area (Å²) < 4.78 is 24.7. The van der Waals surface area contributed by atoms with Crippen LogP contribution in [0, 0.1) is 11.2 Å². The highest BCUT2D eigenvalue weighted by molar-refractivity contribution is 8.13. The molecule has 0 saturated carbocycles. The van der Waals surface area contributed by atoms with Gasteiger partial charge in [0.2, 0.25) is 0 Å². The highest BCUT2D eigenvalue weighted by atomic mass is 32.2. The van der Waals surface area contributed by atoms with Gasteiger partial charge in [0, 0.05) is 30.3 Å². The number of carbonyl (C=O) groups is 1. The lowest BCUT2D eigenvalue weighted by Crippen LogP contribution is -2.15. The van der Waals surface area contributed by atoms with Crippen molar-refractivity contribution in [3.8, 4) is 5.75 Å². The Morgan fingerprint density at radius 1 is 1.27 bits per heavy atom. The van der Waals surface area contributed by atoms with Crippen LogP contribution in [0.2, 0.25) is 0 Å². The smallest absolute Gasteiger partial charge is 0.257 e. The molecule has 0 aliphatic rings. The van der Waals surface area contributed by atoms with E-state index in [1.807, 2.05) is 6.92 Å². The summed E-state index contributed by atoms with van der Waals surface area (Å²) in [6, 6.07) is 9.27. The predicted molar refractivity (Wildman–Crippen MR) is 120 cm³/mol. The number of hydrogen-bond acceptors (Lipinski definition) is 6. The maximum Gasteiger partial charge on any atom is 0.257 e. The van der Waals surface area contributed by atoms with Crippen LogP contribution in [0.15, 0.2) is 36.4 Å². The number of anilines is 2. The molecule has 0 unspecified atom stereocenters. The topological polar surface area (TPSA) is 123 Å². The molecule has 2 rings (SSSR count). The minimum Gasteiger partial charge on any atom is -0.491 e. The Balaban J connectivity index is 2.07. The van der Waals surface area contributed by atoms with E-state index in [0.717, 1.165) is 0 Å². The maximum absolute atomic E-state index is 14.3. The maximum atomic E-state index is 14.3. The third-order valence-corrected chi connectivity index (χ3v) is 5.17. The molecule has 2 aromatic rings. The quantitative estimate of drug-likeness (QED) is 0.195. The van der Waals surface area contributed by atoms with E-state index in [4.69, 9.17) is 26.4 Å². The van der Waals surface area contributed by atoms with Crippen molar-refractivity contribution in [1.29, 1.82) is 5.41 Å². The van der Waals surface area contributed by atoms with Crippen molar-refractivity contribution >= 4 is 34.2 Å². The molecule has 0 aliphatic carbocycles. The van der Waals surface area contributed by atoms with E-state index < -0.39 is 5.91 Å². The average molecular weight is 435 g/mol. The minimum absolute atomic E-state index is 0.0383. The summed E-state index contributed by atoms with van der Waals surface area (Å²) in [5.74, 6) is 0.324. The fraction of sp³-hybridized carbons (Fsp3) is 0.333. The molecular weight excluding hydrogens is 407 g/mol. The van der Waals surface area contributed by atoms with E-state index in [0.29, 0.717) is 48.0 Å². The van der Waals surface area contributed by atoms with E-state index in [1.54, 1.807) is 31.4 Å². The molecule has 0 fully saturated rings. The number of benzene rings is 2. The number of nitrogen functional groups attached to an aromatic ring is 1.